The lowest BCUT2D eigenvalue weighted by Crippen LogP contribution is -2.37. The van der Waals surface area contributed by atoms with Crippen LogP contribution in [-0.4, -0.2) is 37.9 Å². The van der Waals surface area contributed by atoms with Crippen molar-refractivity contribution in [3.05, 3.63) is 17.0 Å². The van der Waals surface area contributed by atoms with Crippen molar-refractivity contribution < 1.29 is 9.26 Å². The molecule has 1 aromatic rings. The lowest BCUT2D eigenvalue weighted by molar-refractivity contribution is 0.143. The number of hydrogen-bond acceptors (Lipinski definition) is 4. The van der Waals surface area contributed by atoms with Gasteiger partial charge >= 0.3 is 0 Å². The van der Waals surface area contributed by atoms with E-state index in [2.05, 4.69) is 34.6 Å². The second-order valence-corrected chi connectivity index (χ2v) is 4.99. The van der Waals surface area contributed by atoms with Gasteiger partial charge in [0.25, 0.3) is 0 Å². The van der Waals surface area contributed by atoms with Crippen LogP contribution in [0.4, 0.5) is 0 Å². The van der Waals surface area contributed by atoms with E-state index in [0.29, 0.717) is 6.54 Å². The third-order valence-electron chi connectivity index (χ3n) is 3.48. The zero-order valence-electron chi connectivity index (χ0n) is 14.8. The average molecular weight is 438 g/mol. The largest absolute Gasteiger partial charge is 0.382 e. The molecule has 0 aliphatic carbocycles. The highest BCUT2D eigenvalue weighted by Crippen LogP contribution is 2.15. The van der Waals surface area contributed by atoms with E-state index in [1.165, 1.54) is 0 Å². The highest BCUT2D eigenvalue weighted by Gasteiger charge is 2.13. The number of guanidine groups is 1. The summed E-state index contributed by atoms with van der Waals surface area (Å²) in [6, 6.07) is 0. The van der Waals surface area contributed by atoms with Gasteiger partial charge < -0.3 is 19.9 Å². The maximum Gasteiger partial charge on any atom is 0.191 e. The van der Waals surface area contributed by atoms with Crippen LogP contribution >= 0.6 is 24.0 Å². The minimum Gasteiger partial charge on any atom is -0.382 e. The van der Waals surface area contributed by atoms with Crippen LogP contribution in [-0.2, 0) is 24.1 Å². The summed E-state index contributed by atoms with van der Waals surface area (Å²) in [5.41, 5.74) is 2.18. The van der Waals surface area contributed by atoms with Gasteiger partial charge in [-0.2, -0.15) is 0 Å². The Morgan fingerprint density at radius 3 is 2.57 bits per heavy atom. The molecule has 0 bridgehead atoms. The van der Waals surface area contributed by atoms with Gasteiger partial charge in [0.2, 0.25) is 0 Å². The first kappa shape index (κ1) is 22.2. The molecule has 0 amide bonds. The molecule has 0 aliphatic heterocycles. The third-order valence-corrected chi connectivity index (χ3v) is 3.48. The van der Waals surface area contributed by atoms with Crippen molar-refractivity contribution in [2.45, 2.75) is 53.0 Å². The summed E-state index contributed by atoms with van der Waals surface area (Å²) in [4.78, 5) is 4.24. The Bertz CT molecular complexity index is 428. The summed E-state index contributed by atoms with van der Waals surface area (Å²) in [5.74, 6) is 1.76. The minimum atomic E-state index is 0. The fourth-order valence-corrected chi connectivity index (χ4v) is 2.21. The van der Waals surface area contributed by atoms with Crippen molar-refractivity contribution in [3.8, 4) is 0 Å². The number of hydrogen-bond donors (Lipinski definition) is 2. The Balaban J connectivity index is 0.00000484. The molecule has 0 saturated heterocycles. The average Bonchev–Trinajstić information content (AvgIpc) is 2.95. The SMILES string of the molecule is CCOCCCCNC(=NC)NCc1c(CC)noc1CC.I. The molecule has 6 nitrogen and oxygen atoms in total. The molecule has 0 aliphatic rings. The van der Waals surface area contributed by atoms with E-state index in [1.54, 1.807) is 7.05 Å². The predicted molar refractivity (Wildman–Crippen MR) is 105 cm³/mol. The zero-order valence-corrected chi connectivity index (χ0v) is 17.1. The van der Waals surface area contributed by atoms with Gasteiger partial charge in [-0.25, -0.2) is 0 Å². The molecule has 7 heteroatoms. The van der Waals surface area contributed by atoms with E-state index in [0.717, 1.165) is 68.4 Å². The Kier molecular flexibility index (Phi) is 13.1. The van der Waals surface area contributed by atoms with E-state index in [-0.39, 0.29) is 24.0 Å². The monoisotopic (exact) mass is 438 g/mol. The van der Waals surface area contributed by atoms with E-state index in [1.807, 2.05) is 6.92 Å². The fraction of sp³-hybridized carbons (Fsp3) is 0.750. The summed E-state index contributed by atoms with van der Waals surface area (Å²) in [6.07, 6.45) is 3.86. The number of aryl methyl sites for hydroxylation is 2. The third kappa shape index (κ3) is 8.01. The van der Waals surface area contributed by atoms with Crippen LogP contribution in [0.2, 0.25) is 0 Å². The zero-order chi connectivity index (χ0) is 16.2. The summed E-state index contributed by atoms with van der Waals surface area (Å²) in [6.45, 7) is 9.37. The summed E-state index contributed by atoms with van der Waals surface area (Å²) in [5, 5.41) is 10.8. The molecule has 0 unspecified atom stereocenters. The van der Waals surface area contributed by atoms with Gasteiger partial charge in [0.15, 0.2) is 5.96 Å². The lowest BCUT2D eigenvalue weighted by atomic mass is 10.1. The number of halogens is 1. The summed E-state index contributed by atoms with van der Waals surface area (Å²) >= 11 is 0. The molecular formula is C16H31IN4O2. The minimum absolute atomic E-state index is 0. The van der Waals surface area contributed by atoms with Crippen LogP contribution in [0, 0.1) is 0 Å². The van der Waals surface area contributed by atoms with E-state index in [4.69, 9.17) is 9.26 Å². The molecule has 0 saturated carbocycles. The molecular weight excluding hydrogens is 407 g/mol. The van der Waals surface area contributed by atoms with Crippen molar-refractivity contribution in [2.24, 2.45) is 4.99 Å². The number of nitrogens with zero attached hydrogens (tertiary/aromatic N) is 2. The topological polar surface area (TPSA) is 71.7 Å². The van der Waals surface area contributed by atoms with E-state index < -0.39 is 0 Å². The maximum absolute atomic E-state index is 5.37. The highest BCUT2D eigenvalue weighted by atomic mass is 127. The van der Waals surface area contributed by atoms with Crippen LogP contribution in [0.1, 0.15) is 50.6 Å². The van der Waals surface area contributed by atoms with Crippen molar-refractivity contribution in [2.75, 3.05) is 26.8 Å². The standard InChI is InChI=1S/C16H30N4O2.HI/c1-5-14-13(15(6-2)22-20-14)12-19-16(17-4)18-10-8-9-11-21-7-3;/h5-12H2,1-4H3,(H2,17,18,19);1H. The second kappa shape index (κ2) is 13.6. The van der Waals surface area contributed by atoms with Gasteiger partial charge in [-0.15, -0.1) is 24.0 Å². The predicted octanol–water partition coefficient (Wildman–Crippen LogP) is 2.90. The molecule has 0 radical (unpaired) electrons. The molecule has 1 aromatic heterocycles. The normalized spacial score (nSPS) is 11.2. The maximum atomic E-state index is 5.37. The molecule has 0 aromatic carbocycles. The van der Waals surface area contributed by atoms with Crippen LogP contribution < -0.4 is 10.6 Å². The van der Waals surface area contributed by atoms with E-state index >= 15 is 0 Å². The molecule has 134 valence electrons. The molecule has 23 heavy (non-hydrogen) atoms. The molecule has 2 N–H and O–H groups in total. The van der Waals surface area contributed by atoms with Crippen LogP contribution in [0.25, 0.3) is 0 Å². The summed E-state index contributed by atoms with van der Waals surface area (Å²) < 4.78 is 10.7. The van der Waals surface area contributed by atoms with Gasteiger partial charge in [-0.3, -0.25) is 4.99 Å². The first-order valence-corrected chi connectivity index (χ1v) is 8.25. The van der Waals surface area contributed by atoms with Crippen molar-refractivity contribution in [3.63, 3.8) is 0 Å². The highest BCUT2D eigenvalue weighted by molar-refractivity contribution is 14.0. The van der Waals surface area contributed by atoms with Gasteiger partial charge in [-0.1, -0.05) is 19.0 Å². The Morgan fingerprint density at radius 2 is 1.96 bits per heavy atom. The molecule has 0 atom stereocenters. The Hall–Kier alpha value is -0.830. The van der Waals surface area contributed by atoms with E-state index in [9.17, 15) is 0 Å². The smallest absolute Gasteiger partial charge is 0.191 e. The first-order chi connectivity index (χ1) is 10.8. The van der Waals surface area contributed by atoms with Crippen molar-refractivity contribution in [1.82, 2.24) is 15.8 Å². The van der Waals surface area contributed by atoms with Gasteiger partial charge in [0.05, 0.1) is 5.69 Å². The Morgan fingerprint density at radius 1 is 1.17 bits per heavy atom. The van der Waals surface area contributed by atoms with Gasteiger partial charge in [0, 0.05) is 45.3 Å². The number of ether oxygens (including phenoxy) is 1. The van der Waals surface area contributed by atoms with Crippen LogP contribution in [0.3, 0.4) is 0 Å². The second-order valence-electron chi connectivity index (χ2n) is 4.99. The molecule has 0 fully saturated rings. The quantitative estimate of drug-likeness (QED) is 0.255. The number of nitrogens with one attached hydrogen (secondary N) is 2. The molecule has 1 heterocycles. The lowest BCUT2D eigenvalue weighted by Gasteiger charge is -2.12. The number of rotatable bonds is 10. The first-order valence-electron chi connectivity index (χ1n) is 8.25. The Labute approximate surface area is 156 Å². The summed E-state index contributed by atoms with van der Waals surface area (Å²) in [7, 11) is 1.78. The number of aliphatic imine (C=N–C) groups is 1. The van der Waals surface area contributed by atoms with Gasteiger partial charge in [0.1, 0.15) is 5.76 Å². The fourth-order valence-electron chi connectivity index (χ4n) is 2.21. The van der Waals surface area contributed by atoms with Crippen LogP contribution in [0.15, 0.2) is 9.52 Å². The number of aromatic nitrogens is 1. The number of unbranched alkanes of at least 4 members (excludes halogenated alkanes) is 1. The molecule has 1 rings (SSSR count). The van der Waals surface area contributed by atoms with Gasteiger partial charge in [-0.05, 0) is 26.2 Å². The molecule has 0 spiro atoms. The van der Waals surface area contributed by atoms with Crippen LogP contribution in [0.5, 0.6) is 0 Å². The van der Waals surface area contributed by atoms with Crippen molar-refractivity contribution in [1.29, 1.82) is 0 Å². The van der Waals surface area contributed by atoms with Crippen molar-refractivity contribution >= 4 is 29.9 Å².